The number of carbonyl (C=O) groups excluding carboxylic acids is 1. The first-order valence-corrected chi connectivity index (χ1v) is 6.39. The Balaban J connectivity index is 2.68. The summed E-state index contributed by atoms with van der Waals surface area (Å²) in [6.07, 6.45) is 4.55. The number of amides is 1. The number of rotatable bonds is 5. The third-order valence-corrected chi connectivity index (χ3v) is 3.97. The molecule has 1 aliphatic rings. The van der Waals surface area contributed by atoms with Gasteiger partial charge in [-0.2, -0.15) is 0 Å². The van der Waals surface area contributed by atoms with Crippen LogP contribution in [0.1, 0.15) is 39.0 Å². The van der Waals surface area contributed by atoms with Crippen LogP contribution in [0.15, 0.2) is 0 Å². The van der Waals surface area contributed by atoms with Crippen molar-refractivity contribution in [2.24, 2.45) is 0 Å². The highest BCUT2D eigenvalue weighted by Gasteiger charge is 2.38. The Kier molecular flexibility index (Phi) is 5.36. The van der Waals surface area contributed by atoms with Gasteiger partial charge in [-0.15, -0.1) is 0 Å². The Morgan fingerprint density at radius 3 is 2.82 bits per heavy atom. The van der Waals surface area contributed by atoms with E-state index >= 15 is 0 Å². The minimum absolute atomic E-state index is 0.167. The molecule has 1 rings (SSSR count). The average Bonchev–Trinajstić information content (AvgIpc) is 2.34. The molecule has 100 valence electrons. The van der Waals surface area contributed by atoms with E-state index in [1.807, 2.05) is 7.05 Å². The predicted octanol–water partition coefficient (Wildman–Crippen LogP) is 0.734. The van der Waals surface area contributed by atoms with Gasteiger partial charge in [0.05, 0.1) is 0 Å². The van der Waals surface area contributed by atoms with Crippen LogP contribution in [0.25, 0.3) is 0 Å². The van der Waals surface area contributed by atoms with Gasteiger partial charge in [-0.05, 0) is 39.9 Å². The molecule has 1 heterocycles. The van der Waals surface area contributed by atoms with Crippen LogP contribution in [-0.2, 0) is 4.79 Å². The van der Waals surface area contributed by atoms with Crippen molar-refractivity contribution < 1.29 is 10.0 Å². The normalized spacial score (nSPS) is 30.2. The molecule has 0 saturated carbocycles. The van der Waals surface area contributed by atoms with E-state index in [9.17, 15) is 4.79 Å². The Labute approximate surface area is 104 Å². The van der Waals surface area contributed by atoms with Crippen molar-refractivity contribution in [3.8, 4) is 0 Å². The van der Waals surface area contributed by atoms with Crippen LogP contribution in [0.3, 0.4) is 0 Å². The van der Waals surface area contributed by atoms with Crippen molar-refractivity contribution in [3.63, 3.8) is 0 Å². The number of nitrogens with zero attached hydrogens (tertiary/aromatic N) is 1. The largest absolute Gasteiger partial charge is 0.314 e. The van der Waals surface area contributed by atoms with E-state index in [-0.39, 0.29) is 11.4 Å². The first kappa shape index (κ1) is 14.4. The van der Waals surface area contributed by atoms with Crippen LogP contribution in [-0.4, -0.2) is 48.2 Å². The third kappa shape index (κ3) is 3.66. The van der Waals surface area contributed by atoms with Crippen LogP contribution in [0.4, 0.5) is 0 Å². The summed E-state index contributed by atoms with van der Waals surface area (Å²) in [6.45, 7) is 3.17. The maximum absolute atomic E-state index is 11.4. The summed E-state index contributed by atoms with van der Waals surface area (Å²) in [4.78, 5) is 13.7. The minimum atomic E-state index is -0.306. The fraction of sp³-hybridized carbons (Fsp3) is 0.917. The molecule has 0 unspecified atom stereocenters. The van der Waals surface area contributed by atoms with Crippen molar-refractivity contribution in [1.82, 2.24) is 15.7 Å². The highest BCUT2D eigenvalue weighted by molar-refractivity contribution is 5.76. The Morgan fingerprint density at radius 1 is 1.59 bits per heavy atom. The van der Waals surface area contributed by atoms with E-state index in [2.05, 4.69) is 24.2 Å². The molecule has 0 aromatic heterocycles. The van der Waals surface area contributed by atoms with Gasteiger partial charge in [0.25, 0.3) is 0 Å². The zero-order chi connectivity index (χ0) is 12.9. The SMILES string of the molecule is CCC[C@@H]1C[C@@](CC(=O)NO)(NC)CCN1C. The van der Waals surface area contributed by atoms with Crippen molar-refractivity contribution >= 4 is 5.91 Å². The molecule has 0 aromatic carbocycles. The molecule has 0 spiro atoms. The number of hydroxylamine groups is 1. The lowest BCUT2D eigenvalue weighted by molar-refractivity contribution is -0.131. The Hall–Kier alpha value is -0.650. The molecule has 1 fully saturated rings. The summed E-state index contributed by atoms with van der Waals surface area (Å²) in [5, 5.41) is 12.0. The lowest BCUT2D eigenvalue weighted by Gasteiger charge is -2.45. The molecule has 0 radical (unpaired) electrons. The van der Waals surface area contributed by atoms with Crippen LogP contribution in [0, 0.1) is 0 Å². The molecule has 17 heavy (non-hydrogen) atoms. The highest BCUT2D eigenvalue weighted by atomic mass is 16.5. The van der Waals surface area contributed by atoms with Crippen molar-refractivity contribution in [3.05, 3.63) is 0 Å². The lowest BCUT2D eigenvalue weighted by Crippen LogP contribution is -2.56. The maximum atomic E-state index is 11.4. The van der Waals surface area contributed by atoms with E-state index in [1.165, 1.54) is 0 Å². The molecular weight excluding hydrogens is 218 g/mol. The minimum Gasteiger partial charge on any atom is -0.314 e. The van der Waals surface area contributed by atoms with E-state index in [1.54, 1.807) is 5.48 Å². The number of hydrogen-bond donors (Lipinski definition) is 3. The van der Waals surface area contributed by atoms with Crippen LogP contribution < -0.4 is 10.8 Å². The van der Waals surface area contributed by atoms with Gasteiger partial charge in [-0.3, -0.25) is 10.0 Å². The molecule has 3 N–H and O–H groups in total. The van der Waals surface area contributed by atoms with Crippen molar-refractivity contribution in [2.45, 2.75) is 50.6 Å². The van der Waals surface area contributed by atoms with Gasteiger partial charge in [0.15, 0.2) is 0 Å². The number of nitrogens with one attached hydrogen (secondary N) is 2. The number of carbonyl (C=O) groups is 1. The van der Waals surface area contributed by atoms with E-state index in [0.717, 1.165) is 32.2 Å². The summed E-state index contributed by atoms with van der Waals surface area (Å²) in [5.41, 5.74) is 1.57. The Morgan fingerprint density at radius 2 is 2.29 bits per heavy atom. The fourth-order valence-corrected chi connectivity index (χ4v) is 2.76. The van der Waals surface area contributed by atoms with Gasteiger partial charge in [0, 0.05) is 18.0 Å². The molecule has 0 aliphatic carbocycles. The summed E-state index contributed by atoms with van der Waals surface area (Å²) in [5.74, 6) is -0.306. The van der Waals surface area contributed by atoms with E-state index in [4.69, 9.17) is 5.21 Å². The van der Waals surface area contributed by atoms with Gasteiger partial charge in [0.2, 0.25) is 5.91 Å². The van der Waals surface area contributed by atoms with E-state index in [0.29, 0.717) is 12.5 Å². The van der Waals surface area contributed by atoms with Crippen LogP contribution in [0.5, 0.6) is 0 Å². The second kappa shape index (κ2) is 6.33. The number of likely N-dealkylation sites (tertiary alicyclic amines) is 1. The topological polar surface area (TPSA) is 64.6 Å². The van der Waals surface area contributed by atoms with Gasteiger partial charge >= 0.3 is 0 Å². The second-order valence-corrected chi connectivity index (χ2v) is 5.12. The smallest absolute Gasteiger partial charge is 0.245 e. The maximum Gasteiger partial charge on any atom is 0.245 e. The molecule has 0 bridgehead atoms. The molecule has 1 saturated heterocycles. The van der Waals surface area contributed by atoms with Crippen molar-refractivity contribution in [2.75, 3.05) is 20.6 Å². The third-order valence-electron chi connectivity index (χ3n) is 3.97. The summed E-state index contributed by atoms with van der Waals surface area (Å²) < 4.78 is 0. The van der Waals surface area contributed by atoms with Gasteiger partial charge in [-0.1, -0.05) is 13.3 Å². The van der Waals surface area contributed by atoms with Gasteiger partial charge < -0.3 is 10.2 Å². The highest BCUT2D eigenvalue weighted by Crippen LogP contribution is 2.30. The summed E-state index contributed by atoms with van der Waals surface area (Å²) in [6, 6.07) is 0.521. The molecule has 5 nitrogen and oxygen atoms in total. The summed E-state index contributed by atoms with van der Waals surface area (Å²) in [7, 11) is 4.05. The molecule has 5 heteroatoms. The predicted molar refractivity (Wildman–Crippen MR) is 66.9 cm³/mol. The first-order valence-electron chi connectivity index (χ1n) is 6.39. The molecule has 1 aliphatic heterocycles. The van der Waals surface area contributed by atoms with Crippen LogP contribution >= 0.6 is 0 Å². The summed E-state index contributed by atoms with van der Waals surface area (Å²) >= 11 is 0. The number of hydrogen-bond acceptors (Lipinski definition) is 4. The quantitative estimate of drug-likeness (QED) is 0.492. The molecule has 2 atom stereocenters. The average molecular weight is 243 g/mol. The first-order chi connectivity index (χ1) is 8.06. The fourth-order valence-electron chi connectivity index (χ4n) is 2.76. The van der Waals surface area contributed by atoms with E-state index < -0.39 is 0 Å². The zero-order valence-corrected chi connectivity index (χ0v) is 11.1. The second-order valence-electron chi connectivity index (χ2n) is 5.12. The molecule has 0 aromatic rings. The van der Waals surface area contributed by atoms with Gasteiger partial charge in [-0.25, -0.2) is 5.48 Å². The van der Waals surface area contributed by atoms with Crippen molar-refractivity contribution in [1.29, 1.82) is 0 Å². The standard InChI is InChI=1S/C12H25N3O2/c1-4-5-10-8-12(13-2,6-7-15(10)3)9-11(16)14-17/h10,13,17H,4-9H2,1-3H3,(H,14,16)/t10-,12+/m1/s1. The lowest BCUT2D eigenvalue weighted by atomic mass is 9.79. The monoisotopic (exact) mass is 243 g/mol. The molecular formula is C12H25N3O2. The van der Waals surface area contributed by atoms with Gasteiger partial charge in [0.1, 0.15) is 0 Å². The Bertz CT molecular complexity index is 260. The molecule has 1 amide bonds. The zero-order valence-electron chi connectivity index (χ0n) is 11.1. The number of piperidine rings is 1. The van der Waals surface area contributed by atoms with Crippen LogP contribution in [0.2, 0.25) is 0 Å².